The maximum Gasteiger partial charge on any atom is 0.354 e. The lowest BCUT2D eigenvalue weighted by Gasteiger charge is -2.10. The van der Waals surface area contributed by atoms with E-state index in [-0.39, 0.29) is 5.97 Å². The Balaban J connectivity index is 2.08. The van der Waals surface area contributed by atoms with Crippen LogP contribution < -0.4 is 4.74 Å². The average molecular weight is 329 g/mol. The molecular formula is C18H19NO3S. The maximum absolute atomic E-state index is 12.1. The molecule has 0 aliphatic heterocycles. The smallest absolute Gasteiger partial charge is 0.354 e. The van der Waals surface area contributed by atoms with Gasteiger partial charge in [0.1, 0.15) is 11.4 Å². The SMILES string of the molecule is CCc1cc2c(cc(C(=O)OC)n2Cc2cccc(OC)c2)s1. The van der Waals surface area contributed by atoms with Crippen LogP contribution in [0.4, 0.5) is 0 Å². The summed E-state index contributed by atoms with van der Waals surface area (Å²) in [5.41, 5.74) is 2.74. The molecule has 0 amide bonds. The van der Waals surface area contributed by atoms with Crippen molar-refractivity contribution in [2.24, 2.45) is 0 Å². The van der Waals surface area contributed by atoms with Gasteiger partial charge in [0.05, 0.1) is 24.4 Å². The maximum atomic E-state index is 12.1. The van der Waals surface area contributed by atoms with Gasteiger partial charge in [-0.3, -0.25) is 0 Å². The van der Waals surface area contributed by atoms with Gasteiger partial charge in [0.25, 0.3) is 0 Å². The number of thiophene rings is 1. The molecule has 0 N–H and O–H groups in total. The van der Waals surface area contributed by atoms with E-state index in [2.05, 4.69) is 13.0 Å². The molecule has 0 spiro atoms. The summed E-state index contributed by atoms with van der Waals surface area (Å²) in [6.07, 6.45) is 0.992. The zero-order valence-electron chi connectivity index (χ0n) is 13.5. The zero-order chi connectivity index (χ0) is 16.4. The minimum atomic E-state index is -0.311. The average Bonchev–Trinajstić information content (AvgIpc) is 3.13. The predicted molar refractivity (Wildman–Crippen MR) is 92.6 cm³/mol. The summed E-state index contributed by atoms with van der Waals surface area (Å²) in [7, 11) is 3.07. The fourth-order valence-corrected chi connectivity index (χ4v) is 3.71. The van der Waals surface area contributed by atoms with E-state index in [0.29, 0.717) is 12.2 Å². The molecule has 1 aromatic carbocycles. The highest BCUT2D eigenvalue weighted by Gasteiger charge is 2.18. The Kier molecular flexibility index (Phi) is 4.39. The van der Waals surface area contributed by atoms with Crippen molar-refractivity contribution in [3.63, 3.8) is 0 Å². The van der Waals surface area contributed by atoms with Crippen molar-refractivity contribution < 1.29 is 14.3 Å². The molecular weight excluding hydrogens is 310 g/mol. The van der Waals surface area contributed by atoms with Crippen molar-refractivity contribution in [1.82, 2.24) is 4.57 Å². The van der Waals surface area contributed by atoms with Crippen LogP contribution in [0, 0.1) is 0 Å². The van der Waals surface area contributed by atoms with Gasteiger partial charge in [-0.1, -0.05) is 19.1 Å². The quantitative estimate of drug-likeness (QED) is 0.661. The highest BCUT2D eigenvalue weighted by molar-refractivity contribution is 7.19. The predicted octanol–water partition coefficient (Wildman–Crippen LogP) is 4.11. The lowest BCUT2D eigenvalue weighted by molar-refractivity contribution is 0.0589. The Hall–Kier alpha value is -2.27. The van der Waals surface area contributed by atoms with Gasteiger partial charge >= 0.3 is 5.97 Å². The van der Waals surface area contributed by atoms with Crippen LogP contribution in [0.25, 0.3) is 10.2 Å². The van der Waals surface area contributed by atoms with E-state index >= 15 is 0 Å². The molecule has 120 valence electrons. The second-order valence-electron chi connectivity index (χ2n) is 5.27. The zero-order valence-corrected chi connectivity index (χ0v) is 14.3. The van der Waals surface area contributed by atoms with E-state index in [1.54, 1.807) is 18.4 Å². The minimum Gasteiger partial charge on any atom is -0.497 e. The van der Waals surface area contributed by atoms with E-state index in [0.717, 1.165) is 28.0 Å². The Morgan fingerprint density at radius 1 is 1.22 bits per heavy atom. The minimum absolute atomic E-state index is 0.311. The van der Waals surface area contributed by atoms with Gasteiger partial charge in [0.15, 0.2) is 0 Å². The third kappa shape index (κ3) is 2.97. The highest BCUT2D eigenvalue weighted by Crippen LogP contribution is 2.30. The summed E-state index contributed by atoms with van der Waals surface area (Å²) < 4.78 is 13.4. The van der Waals surface area contributed by atoms with Crippen LogP contribution in [0.2, 0.25) is 0 Å². The fourth-order valence-electron chi connectivity index (χ4n) is 2.66. The van der Waals surface area contributed by atoms with Crippen LogP contribution in [-0.4, -0.2) is 24.8 Å². The first kappa shape index (κ1) is 15.6. The first-order chi connectivity index (χ1) is 11.2. The molecule has 0 atom stereocenters. The third-order valence-corrected chi connectivity index (χ3v) is 5.07. The van der Waals surface area contributed by atoms with Crippen LogP contribution >= 0.6 is 11.3 Å². The molecule has 0 radical (unpaired) electrons. The Labute approximate surface area is 139 Å². The molecule has 0 saturated heterocycles. The topological polar surface area (TPSA) is 40.5 Å². The standard InChI is InChI=1S/C18H19NO3S/c1-4-14-9-15-17(23-14)10-16(18(20)22-3)19(15)11-12-6-5-7-13(8-12)21-2/h5-10H,4,11H2,1-3H3. The molecule has 3 rings (SSSR count). The molecule has 0 saturated carbocycles. The van der Waals surface area contributed by atoms with E-state index in [1.165, 1.54) is 12.0 Å². The van der Waals surface area contributed by atoms with Crippen molar-refractivity contribution in [3.05, 3.63) is 52.5 Å². The molecule has 0 aliphatic carbocycles. The van der Waals surface area contributed by atoms with Gasteiger partial charge < -0.3 is 14.0 Å². The normalized spacial score (nSPS) is 10.9. The largest absolute Gasteiger partial charge is 0.497 e. The second-order valence-corrected chi connectivity index (χ2v) is 6.44. The van der Waals surface area contributed by atoms with Gasteiger partial charge in [0.2, 0.25) is 0 Å². The lowest BCUT2D eigenvalue weighted by Crippen LogP contribution is -2.11. The monoisotopic (exact) mass is 329 g/mol. The number of fused-ring (bicyclic) bond motifs is 1. The van der Waals surface area contributed by atoms with Crippen LogP contribution in [-0.2, 0) is 17.7 Å². The number of nitrogens with zero attached hydrogens (tertiary/aromatic N) is 1. The molecule has 2 heterocycles. The van der Waals surface area contributed by atoms with Crippen LogP contribution in [0.15, 0.2) is 36.4 Å². The van der Waals surface area contributed by atoms with E-state index < -0.39 is 0 Å². The Morgan fingerprint density at radius 3 is 2.74 bits per heavy atom. The first-order valence-electron chi connectivity index (χ1n) is 7.49. The number of rotatable bonds is 5. The summed E-state index contributed by atoms with van der Waals surface area (Å²) in [5.74, 6) is 0.499. The van der Waals surface area contributed by atoms with Gasteiger partial charge in [-0.15, -0.1) is 11.3 Å². The van der Waals surface area contributed by atoms with Crippen LogP contribution in [0.3, 0.4) is 0 Å². The Bertz CT molecular complexity index is 847. The summed E-state index contributed by atoms with van der Waals surface area (Å²) in [5, 5.41) is 0. The second kappa shape index (κ2) is 6.46. The molecule has 23 heavy (non-hydrogen) atoms. The number of hydrogen-bond donors (Lipinski definition) is 0. The van der Waals surface area contributed by atoms with Crippen molar-refractivity contribution >= 4 is 27.5 Å². The fraction of sp³-hybridized carbons (Fsp3) is 0.278. The first-order valence-corrected chi connectivity index (χ1v) is 8.31. The lowest BCUT2D eigenvalue weighted by atomic mass is 10.2. The third-order valence-electron chi connectivity index (χ3n) is 3.86. The number of ether oxygens (including phenoxy) is 2. The number of esters is 1. The number of carbonyl (C=O) groups is 1. The Morgan fingerprint density at radius 2 is 2.04 bits per heavy atom. The van der Waals surface area contributed by atoms with Crippen molar-refractivity contribution in [1.29, 1.82) is 0 Å². The van der Waals surface area contributed by atoms with E-state index in [4.69, 9.17) is 9.47 Å². The van der Waals surface area contributed by atoms with Gasteiger partial charge in [-0.25, -0.2) is 4.79 Å². The van der Waals surface area contributed by atoms with Gasteiger partial charge in [-0.2, -0.15) is 0 Å². The molecule has 0 aliphatic rings. The number of aromatic nitrogens is 1. The number of aryl methyl sites for hydroxylation is 1. The highest BCUT2D eigenvalue weighted by atomic mass is 32.1. The number of benzene rings is 1. The summed E-state index contributed by atoms with van der Waals surface area (Å²) in [6, 6.07) is 12.0. The van der Waals surface area contributed by atoms with Crippen LogP contribution in [0.1, 0.15) is 27.9 Å². The van der Waals surface area contributed by atoms with Gasteiger partial charge in [-0.05, 0) is 36.2 Å². The number of carbonyl (C=O) groups excluding carboxylic acids is 1. The van der Waals surface area contributed by atoms with Crippen molar-refractivity contribution in [3.8, 4) is 5.75 Å². The summed E-state index contributed by atoms with van der Waals surface area (Å²) in [6.45, 7) is 2.74. The molecule has 0 bridgehead atoms. The van der Waals surface area contributed by atoms with Gasteiger partial charge in [0, 0.05) is 11.4 Å². The summed E-state index contributed by atoms with van der Waals surface area (Å²) >= 11 is 1.73. The van der Waals surface area contributed by atoms with E-state index in [9.17, 15) is 4.79 Å². The number of hydrogen-bond acceptors (Lipinski definition) is 4. The molecule has 3 aromatic rings. The van der Waals surface area contributed by atoms with Crippen LogP contribution in [0.5, 0.6) is 5.75 Å². The van der Waals surface area contributed by atoms with Crippen molar-refractivity contribution in [2.45, 2.75) is 19.9 Å². The molecule has 5 heteroatoms. The molecule has 4 nitrogen and oxygen atoms in total. The molecule has 2 aromatic heterocycles. The number of methoxy groups -OCH3 is 2. The van der Waals surface area contributed by atoms with Crippen molar-refractivity contribution in [2.75, 3.05) is 14.2 Å². The molecule has 0 fully saturated rings. The molecule has 0 unspecified atom stereocenters. The van der Waals surface area contributed by atoms with E-state index in [1.807, 2.05) is 34.9 Å². The summed E-state index contributed by atoms with van der Waals surface area (Å²) in [4.78, 5) is 13.4.